The van der Waals surface area contributed by atoms with Crippen LogP contribution in [0, 0.1) is 17.8 Å². The van der Waals surface area contributed by atoms with Crippen LogP contribution in [-0.4, -0.2) is 214 Å². The Labute approximate surface area is 471 Å². The molecule has 4 aliphatic rings. The Hall–Kier alpha value is -4.05. The molecule has 80 heavy (non-hydrogen) atoms. The average Bonchev–Trinajstić information content (AvgIpc) is 3.69. The largest absolute Gasteiger partial charge is 0.509 e. The molecule has 0 aliphatic carbocycles. The van der Waals surface area contributed by atoms with Gasteiger partial charge in [-0.2, -0.15) is 8.42 Å². The lowest BCUT2D eigenvalue weighted by Gasteiger charge is -2.49. The fraction of sp³-hybridized carbons (Fsp3) is 0.786. The summed E-state index contributed by atoms with van der Waals surface area (Å²) in [6.07, 6.45) is -7.64. The van der Waals surface area contributed by atoms with Crippen molar-refractivity contribution in [2.24, 2.45) is 17.8 Å². The number of carboxylic acids is 1. The Balaban J connectivity index is 1.21. The molecule has 0 bridgehead atoms. The van der Waals surface area contributed by atoms with Crippen molar-refractivity contribution in [3.63, 3.8) is 0 Å². The molecule has 23 nitrogen and oxygen atoms in total. The number of aliphatic hydroxyl groups is 2. The molecular formula is C56H91N5O18S. The zero-order chi connectivity index (χ0) is 59.6. The van der Waals surface area contributed by atoms with E-state index in [0.717, 1.165) is 5.56 Å². The van der Waals surface area contributed by atoms with Crippen LogP contribution in [0.25, 0.3) is 10.9 Å². The first-order chi connectivity index (χ1) is 37.3. The molecule has 6 rings (SSSR count). The molecule has 4 saturated heterocycles. The van der Waals surface area contributed by atoms with E-state index in [1.807, 2.05) is 64.7 Å². The molecule has 0 amide bonds. The molecule has 4 N–H and O–H groups in total. The number of carbonyl (C=O) groups is 3. The fourth-order valence-corrected chi connectivity index (χ4v) is 13.6. The van der Waals surface area contributed by atoms with E-state index < -0.39 is 124 Å². The van der Waals surface area contributed by atoms with Gasteiger partial charge < -0.3 is 68.4 Å². The number of aromatic carboxylic acids is 1. The van der Waals surface area contributed by atoms with Gasteiger partial charge in [-0.3, -0.25) is 23.3 Å². The Kier molecular flexibility index (Phi) is 21.4. The van der Waals surface area contributed by atoms with Gasteiger partial charge in [-0.25, -0.2) is 9.59 Å². The van der Waals surface area contributed by atoms with Crippen LogP contribution >= 0.6 is 0 Å². The molecule has 0 unspecified atom stereocenters. The zero-order valence-corrected chi connectivity index (χ0v) is 50.5. The number of aliphatic hydroxyl groups excluding tert-OH is 1. The summed E-state index contributed by atoms with van der Waals surface area (Å²) >= 11 is 0. The van der Waals surface area contributed by atoms with Crippen LogP contribution in [-0.2, 0) is 63.4 Å². The molecule has 1 aromatic carbocycles. The molecule has 2 aromatic rings. The maximum atomic E-state index is 14.8. The van der Waals surface area contributed by atoms with Crippen molar-refractivity contribution in [2.45, 2.75) is 198 Å². The number of cyclic esters (lactones) is 1. The van der Waals surface area contributed by atoms with E-state index in [-0.39, 0.29) is 60.6 Å². The van der Waals surface area contributed by atoms with Crippen LogP contribution < -0.4 is 15.8 Å². The number of methoxy groups -OCH3 is 1. The Morgan fingerprint density at radius 1 is 0.950 bits per heavy atom. The van der Waals surface area contributed by atoms with Crippen molar-refractivity contribution >= 4 is 39.1 Å². The van der Waals surface area contributed by atoms with Crippen LogP contribution in [0.5, 0.6) is 0 Å². The number of likely N-dealkylation sites (N-methyl/N-ethyl adjacent to an activating group) is 2. The van der Waals surface area contributed by atoms with Crippen molar-refractivity contribution in [1.29, 1.82) is 0 Å². The molecular weight excluding hydrogens is 1060 g/mol. The van der Waals surface area contributed by atoms with Crippen LogP contribution in [0.2, 0.25) is 0 Å². The van der Waals surface area contributed by atoms with Gasteiger partial charge >= 0.3 is 18.1 Å². The lowest BCUT2D eigenvalue weighted by molar-refractivity contribution is -0.316. The predicted octanol–water partition coefficient (Wildman–Crippen LogP) is 3.87. The van der Waals surface area contributed by atoms with Crippen molar-refractivity contribution in [2.75, 3.05) is 72.7 Å². The number of hydrogen-bond donors (Lipinski definition) is 4. The number of aromatic nitrogens is 1. The normalized spacial score (nSPS) is 37.1. The van der Waals surface area contributed by atoms with Crippen LogP contribution in [0.15, 0.2) is 29.2 Å². The minimum Gasteiger partial charge on any atom is -0.477 e. The number of benzene rings is 1. The fourth-order valence-electron chi connectivity index (χ4n) is 12.5. The molecule has 0 radical (unpaired) electrons. The quantitative estimate of drug-likeness (QED) is 0.0937. The minimum atomic E-state index is -4.21. The highest BCUT2D eigenvalue weighted by molar-refractivity contribution is 7.86. The lowest BCUT2D eigenvalue weighted by atomic mass is 9.77. The van der Waals surface area contributed by atoms with E-state index in [9.17, 15) is 42.9 Å². The standard InChI is InChI=1S/C56H91N5O18S/c1-17-42-56(10)48(77-53(67)78-56)35(6)60(15)29-31(2)27-54(8,68)47(76-52-45(63)41(58(11)12)25-32(3)72-52)33(4)46(34(5)51(66)74-42)75-43-28-55(9,71-16)49(36(7)73-43)79-80(69,70)24-23-57-22-18-19-37-20-21-40-38(26-37)44(62)39(50(64)65)30-61(40)59(13)14/h20-21,26,30-36,41-43,45-49,52,57,63,68H,17-19,22-25,27-29H2,1-16H3,(H,64,65)/t31-,32-,33+,34-,35-,36+,41+,42-,43+,45-,46+,47+,48-,49+,52+,54-,55-,56-/m1/s1. The van der Waals surface area contributed by atoms with Crippen molar-refractivity contribution in [1.82, 2.24) is 19.8 Å². The van der Waals surface area contributed by atoms with E-state index in [1.165, 1.54) is 13.3 Å². The Bertz CT molecular complexity index is 2640. The number of carboxylic acid groups (broad SMARTS) is 1. The summed E-state index contributed by atoms with van der Waals surface area (Å²) in [6.45, 7) is 18.6. The molecule has 0 spiro atoms. The number of ether oxygens (including phenoxy) is 8. The summed E-state index contributed by atoms with van der Waals surface area (Å²) in [5.74, 6) is -4.62. The lowest BCUT2D eigenvalue weighted by Crippen LogP contribution is -2.61. The average molecular weight is 1150 g/mol. The van der Waals surface area contributed by atoms with Gasteiger partial charge in [0, 0.05) is 70.3 Å². The second kappa shape index (κ2) is 26.3. The van der Waals surface area contributed by atoms with E-state index in [2.05, 4.69) is 5.32 Å². The van der Waals surface area contributed by atoms with Crippen LogP contribution in [0.3, 0.4) is 0 Å². The second-order valence-corrected chi connectivity index (χ2v) is 25.7. The molecule has 18 atom stereocenters. The van der Waals surface area contributed by atoms with Crippen molar-refractivity contribution in [3.05, 3.63) is 45.7 Å². The van der Waals surface area contributed by atoms with Gasteiger partial charge in [0.25, 0.3) is 10.1 Å². The highest BCUT2D eigenvalue weighted by Crippen LogP contribution is 2.43. The topological polar surface area (TPSA) is 273 Å². The number of aryl methyl sites for hydroxylation is 1. The first-order valence-electron chi connectivity index (χ1n) is 28.0. The Morgan fingerprint density at radius 2 is 1.64 bits per heavy atom. The first-order valence-corrected chi connectivity index (χ1v) is 29.6. The van der Waals surface area contributed by atoms with Crippen LogP contribution in [0.4, 0.5) is 4.79 Å². The number of carbonyl (C=O) groups excluding carboxylic acids is 2. The number of rotatable bonds is 18. The minimum absolute atomic E-state index is 0.0494. The third kappa shape index (κ3) is 14.6. The van der Waals surface area contributed by atoms with Crippen molar-refractivity contribution in [3.8, 4) is 0 Å². The predicted molar refractivity (Wildman–Crippen MR) is 296 cm³/mol. The highest BCUT2D eigenvalue weighted by atomic mass is 32.2. The summed E-state index contributed by atoms with van der Waals surface area (Å²) in [5, 5.41) is 39.4. The number of nitrogens with zero attached hydrogens (tertiary/aromatic N) is 4. The second-order valence-electron chi connectivity index (χ2n) is 24.0. The van der Waals surface area contributed by atoms with E-state index >= 15 is 0 Å². The molecule has 1 aromatic heterocycles. The van der Waals surface area contributed by atoms with Gasteiger partial charge in [-0.15, -0.1) is 0 Å². The first kappa shape index (κ1) is 65.1. The number of esters is 1. The third-order valence-corrected chi connectivity index (χ3v) is 18.1. The van der Waals surface area contributed by atoms with Gasteiger partial charge in [-0.1, -0.05) is 26.8 Å². The maximum Gasteiger partial charge on any atom is 0.509 e. The molecule has 4 fully saturated rings. The van der Waals surface area contributed by atoms with Gasteiger partial charge in [0.1, 0.15) is 23.9 Å². The summed E-state index contributed by atoms with van der Waals surface area (Å²) in [7, 11) is 6.32. The summed E-state index contributed by atoms with van der Waals surface area (Å²) in [4.78, 5) is 56.6. The number of pyridine rings is 1. The van der Waals surface area contributed by atoms with E-state index in [1.54, 1.807) is 77.5 Å². The smallest absolute Gasteiger partial charge is 0.477 e. The molecule has 4 aliphatic heterocycles. The molecule has 0 saturated carbocycles. The monoisotopic (exact) mass is 1150 g/mol. The van der Waals surface area contributed by atoms with Gasteiger partial charge in [0.05, 0.1) is 52.8 Å². The van der Waals surface area contributed by atoms with Gasteiger partial charge in [-0.05, 0) is 132 Å². The number of nitrogens with one attached hydrogen (secondary N) is 1. The van der Waals surface area contributed by atoms with E-state index in [0.29, 0.717) is 37.9 Å². The summed E-state index contributed by atoms with van der Waals surface area (Å²) < 4.78 is 85.6. The maximum absolute atomic E-state index is 14.8. The zero-order valence-electron chi connectivity index (χ0n) is 49.7. The van der Waals surface area contributed by atoms with E-state index in [4.69, 9.17) is 42.1 Å². The summed E-state index contributed by atoms with van der Waals surface area (Å²) in [5.41, 5.74) is -3.93. The van der Waals surface area contributed by atoms with Crippen LogP contribution in [0.1, 0.15) is 117 Å². The molecule has 454 valence electrons. The van der Waals surface area contributed by atoms with Gasteiger partial charge in [0.2, 0.25) is 5.43 Å². The number of fused-ring (bicyclic) bond motifs is 2. The van der Waals surface area contributed by atoms with Crippen molar-refractivity contribution < 1.29 is 80.2 Å². The number of hydrogen-bond acceptors (Lipinski definition) is 21. The molecule has 24 heteroatoms. The molecule has 5 heterocycles. The highest BCUT2D eigenvalue weighted by Gasteiger charge is 2.59. The van der Waals surface area contributed by atoms with Gasteiger partial charge in [0.15, 0.2) is 24.3 Å². The third-order valence-electron chi connectivity index (χ3n) is 16.9. The Morgan fingerprint density at radius 3 is 2.26 bits per heavy atom. The SMILES string of the molecule is CC[C@H]1OC(=O)[C@H](C)[C@@H](O[C@H]2C[C@@](C)(OC)[C@@H](OS(=O)(=O)CCNCCCc3ccc4c(c3)c(=O)c(C(=O)O)cn4N(C)C)[C@H](C)O2)[C@H](C)[C@H](O[C@@H]2O[C@H](C)C[C@H](N(C)C)[C@H]2O)[C@](C)(O)C[C@@H](C)CN(C)[C@H](C)[C@H]2OC(=O)O[C@@]21C. The summed E-state index contributed by atoms with van der Waals surface area (Å²) in [6, 6.07) is 4.57.